The minimum absolute atomic E-state index is 0.112. The Bertz CT molecular complexity index is 1550. The first-order chi connectivity index (χ1) is 15.1. The van der Waals surface area contributed by atoms with E-state index in [1.165, 1.54) is 30.1 Å². The molecule has 3 aromatic heterocycles. The Morgan fingerprint density at radius 3 is 2.69 bits per heavy atom. The number of rotatable bonds is 5. The highest BCUT2D eigenvalue weighted by Gasteiger charge is 2.27. The van der Waals surface area contributed by atoms with Crippen LogP contribution in [0.3, 0.4) is 0 Å². The molecule has 0 radical (unpaired) electrons. The lowest BCUT2D eigenvalue weighted by Gasteiger charge is -2.11. The first-order valence-corrected chi connectivity index (χ1v) is 10.5. The van der Waals surface area contributed by atoms with Crippen molar-refractivity contribution in [2.75, 3.05) is 4.72 Å². The third kappa shape index (κ3) is 3.38. The molecule has 0 fully saturated rings. The maximum absolute atomic E-state index is 15.2. The summed E-state index contributed by atoms with van der Waals surface area (Å²) in [5.74, 6) is -3.57. The summed E-state index contributed by atoms with van der Waals surface area (Å²) in [6.07, 6.45) is 3.61. The fourth-order valence-corrected chi connectivity index (χ4v) is 4.42. The summed E-state index contributed by atoms with van der Waals surface area (Å²) >= 11 is 0. The van der Waals surface area contributed by atoms with Gasteiger partial charge >= 0.3 is 0 Å². The second kappa shape index (κ2) is 7.54. The fraction of sp³-hybridized carbons (Fsp3) is 0.100. The monoisotopic (exact) mass is 456 g/mol. The number of carbonyl (C=O) groups excluding carboxylic acids is 1. The van der Waals surface area contributed by atoms with Crippen LogP contribution >= 0.6 is 0 Å². The number of nitrogens with zero attached hydrogens (tertiary/aromatic N) is 4. The van der Waals surface area contributed by atoms with Gasteiger partial charge in [-0.1, -0.05) is 0 Å². The summed E-state index contributed by atoms with van der Waals surface area (Å²) in [5.41, 5.74) is -0.955. The van der Waals surface area contributed by atoms with Crippen molar-refractivity contribution in [3.05, 3.63) is 76.7 Å². The maximum Gasteiger partial charge on any atom is 0.265 e. The number of aromatic amines is 1. The minimum atomic E-state index is -4.25. The Morgan fingerprint density at radius 1 is 1.28 bits per heavy atom. The Kier molecular flexibility index (Phi) is 4.98. The normalized spacial score (nSPS) is 11.5. The number of aromatic nitrogens is 4. The van der Waals surface area contributed by atoms with Crippen LogP contribution in [0.25, 0.3) is 15.9 Å². The van der Waals surface area contributed by atoms with Gasteiger partial charge in [0, 0.05) is 30.4 Å². The van der Waals surface area contributed by atoms with Crippen LogP contribution in [0.4, 0.5) is 20.2 Å². The molecule has 0 aliphatic heterocycles. The molecule has 12 heteroatoms. The fourth-order valence-electron chi connectivity index (χ4n) is 3.16. The zero-order chi connectivity index (χ0) is 23.2. The van der Waals surface area contributed by atoms with Gasteiger partial charge in [0.25, 0.3) is 10.0 Å². The highest BCUT2D eigenvalue weighted by atomic mass is 32.2. The van der Waals surface area contributed by atoms with E-state index in [1.54, 1.807) is 7.05 Å². The number of H-pyrrole nitrogens is 1. The zero-order valence-electron chi connectivity index (χ0n) is 16.6. The number of halogens is 2. The van der Waals surface area contributed by atoms with Gasteiger partial charge in [0.2, 0.25) is 11.5 Å². The number of benzene rings is 1. The van der Waals surface area contributed by atoms with Gasteiger partial charge in [0.1, 0.15) is 16.4 Å². The number of anilines is 1. The predicted molar refractivity (Wildman–Crippen MR) is 111 cm³/mol. The third-order valence-electron chi connectivity index (χ3n) is 4.93. The van der Waals surface area contributed by atoms with Crippen molar-refractivity contribution >= 4 is 38.2 Å². The second-order valence-electron chi connectivity index (χ2n) is 6.84. The molecule has 162 valence electrons. The van der Waals surface area contributed by atoms with E-state index < -0.39 is 38.7 Å². The van der Waals surface area contributed by atoms with Gasteiger partial charge in [-0.3, -0.25) is 19.2 Å². The first kappa shape index (κ1) is 21.1. The lowest BCUT2D eigenvalue weighted by atomic mass is 10.0. The van der Waals surface area contributed by atoms with Crippen molar-refractivity contribution in [1.82, 2.24) is 19.7 Å². The third-order valence-corrected chi connectivity index (χ3v) is 6.40. The summed E-state index contributed by atoms with van der Waals surface area (Å²) in [4.78, 5) is 22.8. The molecule has 0 saturated heterocycles. The Balaban J connectivity index is 1.79. The SMILES string of the molecule is [C-]#[N+]c1cnc2[nH]cc(C(=O)c3c(F)ccc(NS(=O)(=O)c4cnn(C)c4C)c3F)c2c1. The van der Waals surface area contributed by atoms with E-state index in [0.29, 0.717) is 5.69 Å². The number of nitrogens with one attached hydrogen (secondary N) is 2. The van der Waals surface area contributed by atoms with Gasteiger partial charge in [-0.25, -0.2) is 22.0 Å². The molecule has 0 spiro atoms. The van der Waals surface area contributed by atoms with Crippen LogP contribution in [0.1, 0.15) is 21.6 Å². The molecule has 0 aliphatic rings. The summed E-state index contributed by atoms with van der Waals surface area (Å²) in [6, 6.07) is 3.05. The van der Waals surface area contributed by atoms with E-state index in [-0.39, 0.29) is 27.2 Å². The number of aryl methyl sites for hydroxylation is 1. The smallest absolute Gasteiger partial charge is 0.265 e. The summed E-state index contributed by atoms with van der Waals surface area (Å²) < 4.78 is 58.4. The molecule has 0 aliphatic carbocycles. The van der Waals surface area contributed by atoms with Crippen LogP contribution in [0.2, 0.25) is 0 Å². The van der Waals surface area contributed by atoms with Crippen LogP contribution < -0.4 is 4.72 Å². The van der Waals surface area contributed by atoms with Gasteiger partial charge in [-0.15, -0.1) is 0 Å². The Morgan fingerprint density at radius 2 is 2.03 bits per heavy atom. The molecule has 0 atom stereocenters. The molecule has 0 bridgehead atoms. The van der Waals surface area contributed by atoms with Gasteiger partial charge in [0.15, 0.2) is 5.82 Å². The van der Waals surface area contributed by atoms with E-state index in [2.05, 4.69) is 19.9 Å². The minimum Gasteiger partial charge on any atom is -0.345 e. The van der Waals surface area contributed by atoms with Crippen molar-refractivity contribution in [3.63, 3.8) is 0 Å². The van der Waals surface area contributed by atoms with Gasteiger partial charge in [0.05, 0.1) is 29.7 Å². The lowest BCUT2D eigenvalue weighted by molar-refractivity contribution is 0.103. The quantitative estimate of drug-likeness (QED) is 0.353. The van der Waals surface area contributed by atoms with E-state index in [0.717, 1.165) is 18.3 Å². The van der Waals surface area contributed by atoms with Gasteiger partial charge < -0.3 is 4.98 Å². The van der Waals surface area contributed by atoms with Gasteiger partial charge in [-0.05, 0) is 25.1 Å². The standard InChI is InChI=1S/C20H14F2N6O3S/c1-10-16(9-26-28(10)3)32(30,31)27-15-5-4-14(21)17(18(15)22)19(29)13-8-25-20-12(13)6-11(23-2)7-24-20/h4-9,27H,1,3H3,(H,24,25). The average Bonchev–Trinajstić information content (AvgIpc) is 3.33. The van der Waals surface area contributed by atoms with Crippen molar-refractivity contribution in [2.24, 2.45) is 7.05 Å². The Hall–Kier alpha value is -4.11. The number of pyridine rings is 1. The molecule has 3 heterocycles. The summed E-state index contributed by atoms with van der Waals surface area (Å²) in [6.45, 7) is 8.59. The molecule has 4 rings (SSSR count). The predicted octanol–water partition coefficient (Wildman–Crippen LogP) is 3.47. The van der Waals surface area contributed by atoms with E-state index in [9.17, 15) is 17.6 Å². The molecule has 0 saturated carbocycles. The van der Waals surface area contributed by atoms with Crippen molar-refractivity contribution in [2.45, 2.75) is 11.8 Å². The molecule has 4 aromatic rings. The number of fused-ring (bicyclic) bond motifs is 1. The van der Waals surface area contributed by atoms with Crippen molar-refractivity contribution in [3.8, 4) is 0 Å². The highest BCUT2D eigenvalue weighted by molar-refractivity contribution is 7.92. The van der Waals surface area contributed by atoms with E-state index in [4.69, 9.17) is 6.57 Å². The first-order valence-electron chi connectivity index (χ1n) is 9.02. The highest BCUT2D eigenvalue weighted by Crippen LogP contribution is 2.29. The van der Waals surface area contributed by atoms with Gasteiger partial charge in [-0.2, -0.15) is 5.10 Å². The average molecular weight is 456 g/mol. The number of hydrogen-bond donors (Lipinski definition) is 2. The Labute approximate surface area is 180 Å². The van der Waals surface area contributed by atoms with Crippen LogP contribution in [0.15, 0.2) is 41.7 Å². The molecule has 1 aromatic carbocycles. The molecule has 32 heavy (non-hydrogen) atoms. The largest absolute Gasteiger partial charge is 0.345 e. The van der Waals surface area contributed by atoms with Crippen LogP contribution in [0.5, 0.6) is 0 Å². The maximum atomic E-state index is 15.2. The van der Waals surface area contributed by atoms with E-state index in [1.807, 2.05) is 4.72 Å². The lowest BCUT2D eigenvalue weighted by Crippen LogP contribution is -2.17. The molecule has 0 amide bonds. The van der Waals surface area contributed by atoms with Crippen LogP contribution in [-0.4, -0.2) is 33.9 Å². The topological polar surface area (TPSA) is 114 Å². The number of carbonyl (C=O) groups is 1. The molecule has 9 nitrogen and oxygen atoms in total. The van der Waals surface area contributed by atoms with Crippen molar-refractivity contribution in [1.29, 1.82) is 0 Å². The molecule has 0 unspecified atom stereocenters. The summed E-state index contributed by atoms with van der Waals surface area (Å²) in [7, 11) is -2.71. The number of sulfonamides is 1. The molecule has 2 N–H and O–H groups in total. The number of ketones is 1. The van der Waals surface area contributed by atoms with E-state index >= 15 is 4.39 Å². The zero-order valence-corrected chi connectivity index (χ0v) is 17.5. The summed E-state index contributed by atoms with van der Waals surface area (Å²) in [5, 5.41) is 4.05. The molecular formula is C20H14F2N6O3S. The van der Waals surface area contributed by atoms with Crippen LogP contribution in [0, 0.1) is 25.1 Å². The van der Waals surface area contributed by atoms with Crippen molar-refractivity contribution < 1.29 is 22.0 Å². The molecular weight excluding hydrogens is 442 g/mol. The number of hydrogen-bond acceptors (Lipinski definition) is 5. The van der Waals surface area contributed by atoms with Crippen LogP contribution in [-0.2, 0) is 17.1 Å². The second-order valence-corrected chi connectivity index (χ2v) is 8.49.